The number of hydrogen-bond donors (Lipinski definition) is 1. The van der Waals surface area contributed by atoms with E-state index in [-0.39, 0.29) is 0 Å². The van der Waals surface area contributed by atoms with Gasteiger partial charge in [-0.3, -0.25) is 4.57 Å². The molecule has 1 saturated carbocycles. The summed E-state index contributed by atoms with van der Waals surface area (Å²) in [5, 5.41) is 0. The maximum atomic E-state index is 5.92. The van der Waals surface area contributed by atoms with Gasteiger partial charge in [-0.1, -0.05) is 12.1 Å². The maximum absolute atomic E-state index is 5.92. The van der Waals surface area contributed by atoms with Gasteiger partial charge in [-0.25, -0.2) is 4.98 Å². The minimum Gasteiger partial charge on any atom is -0.399 e. The van der Waals surface area contributed by atoms with Crippen molar-refractivity contribution in [3.05, 3.63) is 48.3 Å². The van der Waals surface area contributed by atoms with Crippen LogP contribution in [-0.4, -0.2) is 15.8 Å². The first-order chi connectivity index (χ1) is 10.3. The third-order valence-electron chi connectivity index (χ3n) is 3.97. The molecule has 21 heavy (non-hydrogen) atoms. The second-order valence-electron chi connectivity index (χ2n) is 5.50. The standard InChI is InChI=1S/C17H17N3S/c1-21-16-5-3-2-4-15(16)20-14-9-8-12(18)10-13(14)19-17(20)11-6-7-11/h2-5,8-11H,6-7,18H2,1H3. The average Bonchev–Trinajstić information content (AvgIpc) is 3.28. The molecule has 0 aliphatic heterocycles. The molecule has 0 spiro atoms. The van der Waals surface area contributed by atoms with Gasteiger partial charge in [-0.2, -0.15) is 0 Å². The number of nitrogens with two attached hydrogens (primary N) is 1. The van der Waals surface area contributed by atoms with E-state index in [1.165, 1.54) is 29.2 Å². The molecule has 4 heteroatoms. The number of hydrogen-bond acceptors (Lipinski definition) is 3. The maximum Gasteiger partial charge on any atom is 0.117 e. The van der Waals surface area contributed by atoms with Crippen LogP contribution in [0.25, 0.3) is 16.7 Å². The van der Waals surface area contributed by atoms with Crippen LogP contribution in [0.3, 0.4) is 0 Å². The quantitative estimate of drug-likeness (QED) is 0.581. The van der Waals surface area contributed by atoms with Crippen LogP contribution < -0.4 is 5.73 Å². The third-order valence-corrected chi connectivity index (χ3v) is 4.76. The van der Waals surface area contributed by atoms with E-state index in [2.05, 4.69) is 41.2 Å². The van der Waals surface area contributed by atoms with Crippen molar-refractivity contribution >= 4 is 28.5 Å². The summed E-state index contributed by atoms with van der Waals surface area (Å²) in [5.74, 6) is 1.77. The summed E-state index contributed by atoms with van der Waals surface area (Å²) in [6.07, 6.45) is 4.59. The molecule has 0 radical (unpaired) electrons. The molecule has 0 saturated heterocycles. The van der Waals surface area contributed by atoms with Crippen molar-refractivity contribution in [1.29, 1.82) is 0 Å². The number of benzene rings is 2. The summed E-state index contributed by atoms with van der Waals surface area (Å²) < 4.78 is 2.32. The molecule has 3 nitrogen and oxygen atoms in total. The number of imidazole rings is 1. The molecule has 1 fully saturated rings. The predicted molar refractivity (Wildman–Crippen MR) is 89.2 cm³/mol. The Labute approximate surface area is 128 Å². The summed E-state index contributed by atoms with van der Waals surface area (Å²) in [4.78, 5) is 6.13. The lowest BCUT2D eigenvalue weighted by molar-refractivity contribution is 0.885. The summed E-state index contributed by atoms with van der Waals surface area (Å²) in [7, 11) is 0. The Morgan fingerprint density at radius 2 is 2.00 bits per heavy atom. The van der Waals surface area contributed by atoms with Crippen molar-refractivity contribution in [2.45, 2.75) is 23.7 Å². The van der Waals surface area contributed by atoms with Crippen molar-refractivity contribution in [3.8, 4) is 5.69 Å². The van der Waals surface area contributed by atoms with E-state index in [1.807, 2.05) is 12.1 Å². The lowest BCUT2D eigenvalue weighted by Crippen LogP contribution is -2.01. The number of nitrogens with zero attached hydrogens (tertiary/aromatic N) is 2. The molecule has 1 aliphatic carbocycles. The summed E-state index contributed by atoms with van der Waals surface area (Å²) in [5.41, 5.74) is 10.0. The van der Waals surface area contributed by atoms with E-state index >= 15 is 0 Å². The number of para-hydroxylation sites is 1. The number of thioether (sulfide) groups is 1. The number of aromatic nitrogens is 2. The van der Waals surface area contributed by atoms with E-state index in [0.29, 0.717) is 5.92 Å². The third kappa shape index (κ3) is 2.10. The molecule has 1 aliphatic rings. The predicted octanol–water partition coefficient (Wildman–Crippen LogP) is 4.21. The minimum atomic E-state index is 0.591. The number of fused-ring (bicyclic) bond motifs is 1. The first-order valence-electron chi connectivity index (χ1n) is 7.19. The van der Waals surface area contributed by atoms with Crippen LogP contribution in [0.1, 0.15) is 24.6 Å². The first-order valence-corrected chi connectivity index (χ1v) is 8.41. The lowest BCUT2D eigenvalue weighted by Gasteiger charge is -2.12. The van der Waals surface area contributed by atoms with Gasteiger partial charge in [0.2, 0.25) is 0 Å². The van der Waals surface area contributed by atoms with Crippen LogP contribution in [0, 0.1) is 0 Å². The Bertz CT molecular complexity index is 818. The van der Waals surface area contributed by atoms with Gasteiger partial charge in [-0.05, 0) is 49.4 Å². The molecule has 106 valence electrons. The number of rotatable bonds is 3. The summed E-state index contributed by atoms with van der Waals surface area (Å²) in [6.45, 7) is 0. The van der Waals surface area contributed by atoms with Gasteiger partial charge < -0.3 is 5.73 Å². The first kappa shape index (κ1) is 12.8. The van der Waals surface area contributed by atoms with Gasteiger partial charge in [-0.15, -0.1) is 11.8 Å². The Kier molecular flexibility index (Phi) is 2.93. The topological polar surface area (TPSA) is 43.8 Å². The number of anilines is 1. The second kappa shape index (κ2) is 4.81. The van der Waals surface area contributed by atoms with Crippen LogP contribution in [0.5, 0.6) is 0 Å². The number of nitrogen functional groups attached to an aromatic ring is 1. The highest BCUT2D eigenvalue weighted by atomic mass is 32.2. The van der Waals surface area contributed by atoms with Gasteiger partial charge in [0.15, 0.2) is 0 Å². The van der Waals surface area contributed by atoms with E-state index in [1.54, 1.807) is 11.8 Å². The zero-order valence-corrected chi connectivity index (χ0v) is 12.7. The van der Waals surface area contributed by atoms with Crippen LogP contribution in [0.4, 0.5) is 5.69 Å². The SMILES string of the molecule is CSc1ccccc1-n1c(C2CC2)nc2cc(N)ccc21. The fourth-order valence-corrected chi connectivity index (χ4v) is 3.38. The van der Waals surface area contributed by atoms with Crippen LogP contribution >= 0.6 is 11.8 Å². The van der Waals surface area contributed by atoms with Crippen molar-refractivity contribution < 1.29 is 0 Å². The largest absolute Gasteiger partial charge is 0.399 e. The molecule has 3 aromatic rings. The average molecular weight is 295 g/mol. The van der Waals surface area contributed by atoms with Crippen LogP contribution in [0.2, 0.25) is 0 Å². The minimum absolute atomic E-state index is 0.591. The van der Waals surface area contributed by atoms with Gasteiger partial charge >= 0.3 is 0 Å². The monoisotopic (exact) mass is 295 g/mol. The van der Waals surface area contributed by atoms with E-state index in [0.717, 1.165) is 16.7 Å². The van der Waals surface area contributed by atoms with Gasteiger partial charge in [0.05, 0.1) is 16.7 Å². The summed E-state index contributed by atoms with van der Waals surface area (Å²) in [6, 6.07) is 14.5. The lowest BCUT2D eigenvalue weighted by atomic mass is 10.2. The van der Waals surface area contributed by atoms with Crippen molar-refractivity contribution in [2.24, 2.45) is 0 Å². The van der Waals surface area contributed by atoms with Gasteiger partial charge in [0, 0.05) is 16.5 Å². The molecular weight excluding hydrogens is 278 g/mol. The van der Waals surface area contributed by atoms with E-state index in [4.69, 9.17) is 10.7 Å². The van der Waals surface area contributed by atoms with Crippen molar-refractivity contribution in [2.75, 3.05) is 12.0 Å². The molecule has 0 amide bonds. The highest BCUT2D eigenvalue weighted by molar-refractivity contribution is 7.98. The molecule has 1 heterocycles. The van der Waals surface area contributed by atoms with Crippen molar-refractivity contribution in [3.63, 3.8) is 0 Å². The zero-order chi connectivity index (χ0) is 14.4. The molecule has 2 aromatic carbocycles. The van der Waals surface area contributed by atoms with E-state index in [9.17, 15) is 0 Å². The Balaban J connectivity index is 2.04. The van der Waals surface area contributed by atoms with Crippen molar-refractivity contribution in [1.82, 2.24) is 9.55 Å². The molecule has 0 atom stereocenters. The highest BCUT2D eigenvalue weighted by Gasteiger charge is 2.30. The fourth-order valence-electron chi connectivity index (χ4n) is 2.80. The Morgan fingerprint density at radius 3 is 2.76 bits per heavy atom. The molecule has 0 bridgehead atoms. The molecule has 2 N–H and O–H groups in total. The highest BCUT2D eigenvalue weighted by Crippen LogP contribution is 2.42. The molecular formula is C17H17N3S. The molecule has 0 unspecified atom stereocenters. The van der Waals surface area contributed by atoms with Crippen LogP contribution in [0.15, 0.2) is 47.4 Å². The zero-order valence-electron chi connectivity index (χ0n) is 11.9. The normalized spacial score (nSPS) is 14.7. The Hall–Kier alpha value is -1.94. The summed E-state index contributed by atoms with van der Waals surface area (Å²) >= 11 is 1.77. The van der Waals surface area contributed by atoms with Gasteiger partial charge in [0.25, 0.3) is 0 Å². The van der Waals surface area contributed by atoms with Crippen LogP contribution in [-0.2, 0) is 0 Å². The fraction of sp³-hybridized carbons (Fsp3) is 0.235. The second-order valence-corrected chi connectivity index (χ2v) is 6.35. The van der Waals surface area contributed by atoms with E-state index < -0.39 is 0 Å². The smallest absolute Gasteiger partial charge is 0.117 e. The Morgan fingerprint density at radius 1 is 1.19 bits per heavy atom. The van der Waals surface area contributed by atoms with Gasteiger partial charge in [0.1, 0.15) is 5.82 Å². The molecule has 4 rings (SSSR count). The molecule has 1 aromatic heterocycles.